The third-order valence-corrected chi connectivity index (χ3v) is 3.33. The van der Waals surface area contributed by atoms with Crippen LogP contribution >= 0.6 is 0 Å². The molecule has 1 aliphatic rings. The van der Waals surface area contributed by atoms with E-state index in [1.54, 1.807) is 0 Å². The zero-order chi connectivity index (χ0) is 12.1. The molecule has 1 rings (SSSR count). The van der Waals surface area contributed by atoms with Gasteiger partial charge >= 0.3 is 0 Å². The summed E-state index contributed by atoms with van der Waals surface area (Å²) in [5, 5.41) is 9.48. The second kappa shape index (κ2) is 6.58. The number of hydrogen-bond acceptors (Lipinski definition) is 3. The molecule has 0 aromatic heterocycles. The Morgan fingerprint density at radius 3 is 2.31 bits per heavy atom. The predicted molar refractivity (Wildman–Crippen MR) is 64.2 cm³/mol. The number of ether oxygens (including phenoxy) is 2. The second-order valence-corrected chi connectivity index (χ2v) is 4.92. The highest BCUT2D eigenvalue weighted by Crippen LogP contribution is 2.30. The number of hydrogen-bond donors (Lipinski definition) is 1. The molecule has 3 nitrogen and oxygen atoms in total. The summed E-state index contributed by atoms with van der Waals surface area (Å²) in [6.07, 6.45) is 3.77. The van der Waals surface area contributed by atoms with E-state index in [0.29, 0.717) is 12.3 Å². The third kappa shape index (κ3) is 3.72. The van der Waals surface area contributed by atoms with Gasteiger partial charge in [0.15, 0.2) is 6.29 Å². The summed E-state index contributed by atoms with van der Waals surface area (Å²) in [7, 11) is 0. The normalized spacial score (nSPS) is 37.3. The number of rotatable bonds is 5. The van der Waals surface area contributed by atoms with E-state index in [9.17, 15) is 5.11 Å². The first-order valence-electron chi connectivity index (χ1n) is 6.57. The zero-order valence-electron chi connectivity index (χ0n) is 11.0. The minimum absolute atomic E-state index is 0.0742. The van der Waals surface area contributed by atoms with Crippen molar-refractivity contribution >= 4 is 0 Å². The molecule has 0 aliphatic carbocycles. The third-order valence-electron chi connectivity index (χ3n) is 3.33. The fraction of sp³-hybridized carbons (Fsp3) is 1.00. The Hall–Kier alpha value is -0.120. The summed E-state index contributed by atoms with van der Waals surface area (Å²) in [6.45, 7) is 8.26. The molecule has 96 valence electrons. The Bertz CT molecular complexity index is 194. The van der Waals surface area contributed by atoms with Crippen LogP contribution in [-0.2, 0) is 9.47 Å². The second-order valence-electron chi connectivity index (χ2n) is 4.92. The maximum Gasteiger partial charge on any atom is 0.158 e. The lowest BCUT2D eigenvalue weighted by atomic mass is 9.91. The average molecular weight is 230 g/mol. The van der Waals surface area contributed by atoms with Crippen molar-refractivity contribution in [2.24, 2.45) is 5.92 Å². The van der Waals surface area contributed by atoms with E-state index in [2.05, 4.69) is 20.8 Å². The molecule has 1 aliphatic heterocycles. The van der Waals surface area contributed by atoms with Crippen molar-refractivity contribution in [3.05, 3.63) is 0 Å². The lowest BCUT2D eigenvalue weighted by Gasteiger charge is -2.41. The van der Waals surface area contributed by atoms with Crippen molar-refractivity contribution in [1.29, 1.82) is 0 Å². The summed E-state index contributed by atoms with van der Waals surface area (Å²) in [6, 6.07) is 0. The van der Waals surface area contributed by atoms with Gasteiger partial charge in [-0.1, -0.05) is 27.2 Å². The largest absolute Gasteiger partial charge is 0.393 e. The molecular formula is C13H26O3. The average Bonchev–Trinajstić information content (AvgIpc) is 2.22. The topological polar surface area (TPSA) is 38.7 Å². The van der Waals surface area contributed by atoms with Gasteiger partial charge in [0.1, 0.15) is 0 Å². The fourth-order valence-electron chi connectivity index (χ4n) is 2.36. The van der Waals surface area contributed by atoms with E-state index in [1.165, 1.54) is 0 Å². The molecule has 0 amide bonds. The predicted octanol–water partition coefficient (Wildman–Crippen LogP) is 2.71. The van der Waals surface area contributed by atoms with Gasteiger partial charge in [0, 0.05) is 5.92 Å². The van der Waals surface area contributed by atoms with Gasteiger partial charge < -0.3 is 14.6 Å². The first-order chi connectivity index (χ1) is 7.58. The van der Waals surface area contributed by atoms with Gasteiger partial charge in [-0.3, -0.25) is 0 Å². The summed E-state index contributed by atoms with van der Waals surface area (Å²) < 4.78 is 11.8. The van der Waals surface area contributed by atoms with Crippen molar-refractivity contribution in [2.45, 2.75) is 78.0 Å². The molecule has 0 bridgehead atoms. The van der Waals surface area contributed by atoms with Gasteiger partial charge in [-0.2, -0.15) is 0 Å². The maximum absolute atomic E-state index is 9.48. The SMILES string of the molecule is CCCC1OC(CC)C(C)C(CC(C)O)O1. The van der Waals surface area contributed by atoms with E-state index in [-0.39, 0.29) is 24.6 Å². The Labute approximate surface area is 99.1 Å². The van der Waals surface area contributed by atoms with Crippen molar-refractivity contribution in [2.75, 3.05) is 0 Å². The molecule has 16 heavy (non-hydrogen) atoms. The van der Waals surface area contributed by atoms with E-state index in [0.717, 1.165) is 19.3 Å². The molecule has 0 spiro atoms. The molecule has 1 N–H and O–H groups in total. The van der Waals surface area contributed by atoms with Gasteiger partial charge in [-0.05, 0) is 26.2 Å². The molecule has 1 heterocycles. The molecule has 5 atom stereocenters. The van der Waals surface area contributed by atoms with Crippen LogP contribution < -0.4 is 0 Å². The molecule has 5 unspecified atom stereocenters. The van der Waals surface area contributed by atoms with Crippen LogP contribution in [0.3, 0.4) is 0 Å². The van der Waals surface area contributed by atoms with Crippen molar-refractivity contribution in [3.63, 3.8) is 0 Å². The highest BCUT2D eigenvalue weighted by molar-refractivity contribution is 4.80. The first-order valence-corrected chi connectivity index (χ1v) is 6.57. The Morgan fingerprint density at radius 2 is 1.81 bits per heavy atom. The van der Waals surface area contributed by atoms with Gasteiger partial charge in [0.25, 0.3) is 0 Å². The van der Waals surface area contributed by atoms with Gasteiger partial charge in [-0.15, -0.1) is 0 Å². The Balaban J connectivity index is 2.58. The summed E-state index contributed by atoms with van der Waals surface area (Å²) in [5.74, 6) is 0.368. The van der Waals surface area contributed by atoms with Gasteiger partial charge in [0.05, 0.1) is 18.3 Å². The van der Waals surface area contributed by atoms with Crippen molar-refractivity contribution in [1.82, 2.24) is 0 Å². The van der Waals surface area contributed by atoms with E-state index in [1.807, 2.05) is 6.92 Å². The quantitative estimate of drug-likeness (QED) is 0.789. The fourth-order valence-corrected chi connectivity index (χ4v) is 2.36. The minimum atomic E-state index is -0.301. The van der Waals surface area contributed by atoms with Crippen LogP contribution in [0.2, 0.25) is 0 Å². The van der Waals surface area contributed by atoms with E-state index >= 15 is 0 Å². The van der Waals surface area contributed by atoms with Crippen LogP contribution in [0, 0.1) is 5.92 Å². The molecule has 0 aromatic carbocycles. The van der Waals surface area contributed by atoms with Crippen molar-refractivity contribution in [3.8, 4) is 0 Å². The Kier molecular flexibility index (Phi) is 5.73. The molecule has 1 saturated heterocycles. The van der Waals surface area contributed by atoms with Gasteiger partial charge in [0.2, 0.25) is 0 Å². The van der Waals surface area contributed by atoms with Crippen LogP contribution in [0.5, 0.6) is 0 Å². The minimum Gasteiger partial charge on any atom is -0.393 e. The summed E-state index contributed by atoms with van der Waals surface area (Å²) in [4.78, 5) is 0. The lowest BCUT2D eigenvalue weighted by molar-refractivity contribution is -0.271. The Morgan fingerprint density at radius 1 is 1.19 bits per heavy atom. The summed E-state index contributed by atoms with van der Waals surface area (Å²) in [5.41, 5.74) is 0. The molecular weight excluding hydrogens is 204 g/mol. The van der Waals surface area contributed by atoms with Crippen LogP contribution in [-0.4, -0.2) is 29.7 Å². The molecule has 0 saturated carbocycles. The number of aliphatic hydroxyl groups excluding tert-OH is 1. The first kappa shape index (κ1) is 13.9. The van der Waals surface area contributed by atoms with Crippen LogP contribution in [0.1, 0.15) is 53.4 Å². The number of aliphatic hydroxyl groups is 1. The highest BCUT2D eigenvalue weighted by atomic mass is 16.7. The molecule has 3 heteroatoms. The molecule has 1 fully saturated rings. The molecule has 0 radical (unpaired) electrons. The highest BCUT2D eigenvalue weighted by Gasteiger charge is 2.35. The van der Waals surface area contributed by atoms with Crippen LogP contribution in [0.25, 0.3) is 0 Å². The standard InChI is InChI=1S/C13H26O3/c1-5-7-13-15-11(6-2)10(4)12(16-13)8-9(3)14/h9-14H,5-8H2,1-4H3. The van der Waals surface area contributed by atoms with Crippen LogP contribution in [0.4, 0.5) is 0 Å². The van der Waals surface area contributed by atoms with Crippen LogP contribution in [0.15, 0.2) is 0 Å². The van der Waals surface area contributed by atoms with Crippen molar-refractivity contribution < 1.29 is 14.6 Å². The maximum atomic E-state index is 9.48. The monoisotopic (exact) mass is 230 g/mol. The lowest BCUT2D eigenvalue weighted by Crippen LogP contribution is -2.45. The smallest absolute Gasteiger partial charge is 0.158 e. The van der Waals surface area contributed by atoms with E-state index in [4.69, 9.17) is 9.47 Å². The molecule has 0 aromatic rings. The zero-order valence-corrected chi connectivity index (χ0v) is 11.0. The van der Waals surface area contributed by atoms with E-state index < -0.39 is 0 Å². The van der Waals surface area contributed by atoms with Gasteiger partial charge in [-0.25, -0.2) is 0 Å². The summed E-state index contributed by atoms with van der Waals surface area (Å²) >= 11 is 0.